The summed E-state index contributed by atoms with van der Waals surface area (Å²) in [5.41, 5.74) is 0.240. The van der Waals surface area contributed by atoms with E-state index in [9.17, 15) is 4.79 Å². The van der Waals surface area contributed by atoms with Gasteiger partial charge in [0, 0.05) is 13.6 Å². The van der Waals surface area contributed by atoms with E-state index in [2.05, 4.69) is 31.8 Å². The van der Waals surface area contributed by atoms with Crippen molar-refractivity contribution in [3.63, 3.8) is 0 Å². The van der Waals surface area contributed by atoms with Crippen LogP contribution in [0.5, 0.6) is 0 Å². The molecule has 0 aromatic carbocycles. The highest BCUT2D eigenvalue weighted by Crippen LogP contribution is 2.19. The number of carbonyl (C=O) groups is 1. The van der Waals surface area contributed by atoms with Crippen LogP contribution in [0.3, 0.4) is 0 Å². The minimum absolute atomic E-state index is 0.240. The van der Waals surface area contributed by atoms with E-state index in [1.54, 1.807) is 6.07 Å². The van der Waals surface area contributed by atoms with Crippen molar-refractivity contribution in [2.24, 2.45) is 5.92 Å². The fraction of sp³-hybridized carbons (Fsp3) is 0.643. The molecule has 1 fully saturated rings. The highest BCUT2D eigenvalue weighted by molar-refractivity contribution is 5.86. The summed E-state index contributed by atoms with van der Waals surface area (Å²) in [6.45, 7) is 3.29. The van der Waals surface area contributed by atoms with Crippen LogP contribution in [0.4, 0.5) is 5.82 Å². The monoisotopic (exact) mass is 278 g/mol. The number of aromatic nitrogens is 2. The summed E-state index contributed by atoms with van der Waals surface area (Å²) >= 11 is 0. The molecular formula is C14H22N4O2. The lowest BCUT2D eigenvalue weighted by atomic mass is 9.97. The Hall–Kier alpha value is -1.69. The summed E-state index contributed by atoms with van der Waals surface area (Å²) in [7, 11) is 5.52. The molecule has 1 saturated heterocycles. The molecule has 1 aliphatic heterocycles. The lowest BCUT2D eigenvalue weighted by molar-refractivity contribution is 0.0592. The number of likely N-dealkylation sites (tertiary alicyclic amines) is 1. The molecule has 0 N–H and O–H groups in total. The Morgan fingerprint density at radius 3 is 2.65 bits per heavy atom. The van der Waals surface area contributed by atoms with Crippen LogP contribution in [0.1, 0.15) is 23.3 Å². The molecule has 1 aromatic rings. The zero-order chi connectivity index (χ0) is 14.5. The Balaban J connectivity index is 1.92. The van der Waals surface area contributed by atoms with Gasteiger partial charge in [-0.1, -0.05) is 0 Å². The van der Waals surface area contributed by atoms with Crippen molar-refractivity contribution in [3.8, 4) is 0 Å². The van der Waals surface area contributed by atoms with Crippen LogP contribution in [-0.4, -0.2) is 61.9 Å². The third-order valence-electron chi connectivity index (χ3n) is 3.81. The van der Waals surface area contributed by atoms with Gasteiger partial charge in [0.15, 0.2) is 11.5 Å². The molecule has 0 spiro atoms. The number of anilines is 1. The van der Waals surface area contributed by atoms with Gasteiger partial charge in [-0.2, -0.15) is 0 Å². The number of nitrogens with zero attached hydrogens (tertiary/aromatic N) is 4. The molecule has 20 heavy (non-hydrogen) atoms. The van der Waals surface area contributed by atoms with Crippen molar-refractivity contribution >= 4 is 11.8 Å². The zero-order valence-electron chi connectivity index (χ0n) is 12.4. The van der Waals surface area contributed by atoms with Gasteiger partial charge in [0.2, 0.25) is 0 Å². The second kappa shape index (κ2) is 6.65. The number of carbonyl (C=O) groups excluding carboxylic acids is 1. The minimum Gasteiger partial charge on any atom is -0.464 e. The first-order valence-corrected chi connectivity index (χ1v) is 6.92. The van der Waals surface area contributed by atoms with Gasteiger partial charge in [-0.25, -0.2) is 4.79 Å². The number of hydrogen-bond acceptors (Lipinski definition) is 6. The van der Waals surface area contributed by atoms with Crippen LogP contribution >= 0.6 is 0 Å². The van der Waals surface area contributed by atoms with Gasteiger partial charge in [0.1, 0.15) is 0 Å². The summed E-state index contributed by atoms with van der Waals surface area (Å²) in [6.07, 6.45) is 2.43. The van der Waals surface area contributed by atoms with Gasteiger partial charge >= 0.3 is 5.97 Å². The smallest absolute Gasteiger partial charge is 0.358 e. The number of piperidine rings is 1. The van der Waals surface area contributed by atoms with Crippen LogP contribution in [0.2, 0.25) is 0 Å². The molecule has 0 radical (unpaired) electrons. The van der Waals surface area contributed by atoms with Crippen molar-refractivity contribution in [1.29, 1.82) is 0 Å². The molecular weight excluding hydrogens is 256 g/mol. The standard InChI is InChI=1S/C14H22N4O2/c1-17-8-6-11(7-9-17)10-18(2)13-5-4-12(15-16-13)14(19)20-3/h4-5,11H,6-10H2,1-3H3. The predicted octanol–water partition coefficient (Wildman–Crippen LogP) is 1.04. The molecule has 1 aromatic heterocycles. The van der Waals surface area contributed by atoms with Gasteiger partial charge in [-0.05, 0) is 51.0 Å². The first-order chi connectivity index (χ1) is 9.60. The van der Waals surface area contributed by atoms with E-state index in [4.69, 9.17) is 0 Å². The lowest BCUT2D eigenvalue weighted by Crippen LogP contribution is -2.36. The lowest BCUT2D eigenvalue weighted by Gasteiger charge is -2.31. The Kier molecular flexibility index (Phi) is 4.89. The SMILES string of the molecule is COC(=O)c1ccc(N(C)CC2CCN(C)CC2)nn1. The van der Waals surface area contributed by atoms with E-state index in [1.165, 1.54) is 20.0 Å². The number of methoxy groups -OCH3 is 1. The second-order valence-electron chi connectivity index (χ2n) is 5.40. The minimum atomic E-state index is -0.456. The van der Waals surface area contributed by atoms with Crippen LogP contribution in [0.15, 0.2) is 12.1 Å². The first kappa shape index (κ1) is 14.7. The Morgan fingerprint density at radius 1 is 1.40 bits per heavy atom. The molecule has 0 amide bonds. The maximum atomic E-state index is 11.3. The molecule has 110 valence electrons. The van der Waals surface area contributed by atoms with Gasteiger partial charge in [-0.3, -0.25) is 0 Å². The van der Waals surface area contributed by atoms with Crippen molar-refractivity contribution < 1.29 is 9.53 Å². The Labute approximate surface area is 119 Å². The highest BCUT2D eigenvalue weighted by Gasteiger charge is 2.19. The van der Waals surface area contributed by atoms with Gasteiger partial charge in [0.05, 0.1) is 7.11 Å². The molecule has 6 nitrogen and oxygen atoms in total. The molecule has 0 atom stereocenters. The molecule has 2 rings (SSSR count). The van der Waals surface area contributed by atoms with E-state index in [0.717, 1.165) is 25.5 Å². The number of rotatable bonds is 4. The average molecular weight is 278 g/mol. The number of esters is 1. The van der Waals surface area contributed by atoms with Crippen LogP contribution in [0.25, 0.3) is 0 Å². The Bertz CT molecular complexity index is 441. The molecule has 6 heteroatoms. The highest BCUT2D eigenvalue weighted by atomic mass is 16.5. The van der Waals surface area contributed by atoms with Gasteiger partial charge < -0.3 is 14.5 Å². The van der Waals surface area contributed by atoms with Crippen LogP contribution < -0.4 is 4.90 Å². The second-order valence-corrected chi connectivity index (χ2v) is 5.40. The topological polar surface area (TPSA) is 58.6 Å². The van der Waals surface area contributed by atoms with Gasteiger partial charge in [-0.15, -0.1) is 10.2 Å². The normalized spacial score (nSPS) is 16.9. The van der Waals surface area contributed by atoms with Crippen LogP contribution in [-0.2, 0) is 4.74 Å². The summed E-state index contributed by atoms with van der Waals surface area (Å²) < 4.78 is 4.61. The molecule has 0 unspecified atom stereocenters. The predicted molar refractivity (Wildman–Crippen MR) is 76.9 cm³/mol. The maximum absolute atomic E-state index is 11.3. The quantitative estimate of drug-likeness (QED) is 0.767. The van der Waals surface area contributed by atoms with E-state index in [0.29, 0.717) is 5.92 Å². The molecule has 0 bridgehead atoms. The summed E-state index contributed by atoms with van der Waals surface area (Å²) in [5.74, 6) is 1.02. The largest absolute Gasteiger partial charge is 0.464 e. The van der Waals surface area contributed by atoms with Crippen molar-refractivity contribution in [1.82, 2.24) is 15.1 Å². The average Bonchev–Trinajstić information content (AvgIpc) is 2.49. The fourth-order valence-corrected chi connectivity index (χ4v) is 2.47. The van der Waals surface area contributed by atoms with Crippen molar-refractivity contribution in [3.05, 3.63) is 17.8 Å². The first-order valence-electron chi connectivity index (χ1n) is 6.92. The van der Waals surface area contributed by atoms with Crippen molar-refractivity contribution in [2.75, 3.05) is 45.7 Å². The zero-order valence-corrected chi connectivity index (χ0v) is 12.4. The summed E-state index contributed by atoms with van der Waals surface area (Å²) in [4.78, 5) is 15.8. The van der Waals surface area contributed by atoms with E-state index in [-0.39, 0.29) is 5.69 Å². The third-order valence-corrected chi connectivity index (χ3v) is 3.81. The fourth-order valence-electron chi connectivity index (χ4n) is 2.47. The third kappa shape index (κ3) is 3.66. The molecule has 1 aliphatic rings. The van der Waals surface area contributed by atoms with Gasteiger partial charge in [0.25, 0.3) is 0 Å². The molecule has 0 saturated carbocycles. The van der Waals surface area contributed by atoms with Crippen molar-refractivity contribution in [2.45, 2.75) is 12.8 Å². The Morgan fingerprint density at radius 2 is 2.10 bits per heavy atom. The van der Waals surface area contributed by atoms with Crippen LogP contribution in [0, 0.1) is 5.92 Å². The van der Waals surface area contributed by atoms with E-state index in [1.807, 2.05) is 13.1 Å². The summed E-state index contributed by atoms with van der Waals surface area (Å²) in [5, 5.41) is 7.99. The number of ether oxygens (including phenoxy) is 1. The summed E-state index contributed by atoms with van der Waals surface area (Å²) in [6, 6.07) is 3.47. The molecule has 0 aliphatic carbocycles. The maximum Gasteiger partial charge on any atom is 0.358 e. The van der Waals surface area contributed by atoms with E-state index >= 15 is 0 Å². The van der Waals surface area contributed by atoms with E-state index < -0.39 is 5.97 Å². The number of hydrogen-bond donors (Lipinski definition) is 0. The molecule has 2 heterocycles.